The third kappa shape index (κ3) is 4.12. The van der Waals surface area contributed by atoms with E-state index in [-0.39, 0.29) is 12.1 Å². The third-order valence-electron chi connectivity index (χ3n) is 8.53. The predicted molar refractivity (Wildman–Crippen MR) is 142 cm³/mol. The fourth-order valence-electron chi connectivity index (χ4n) is 6.87. The van der Waals surface area contributed by atoms with Gasteiger partial charge in [0.15, 0.2) is 5.82 Å². The molecule has 3 aromatic heterocycles. The zero-order valence-corrected chi connectivity index (χ0v) is 21.6. The summed E-state index contributed by atoms with van der Waals surface area (Å²) in [5.41, 5.74) is 10.4. The molecule has 0 radical (unpaired) electrons. The number of fused-ring (bicyclic) bond motifs is 3. The Morgan fingerprint density at radius 3 is 2.47 bits per heavy atom. The number of piperidine rings is 1. The number of nitrogens with zero attached hydrogens (tertiary/aromatic N) is 6. The number of aryl methyl sites for hydroxylation is 1. The van der Waals surface area contributed by atoms with Crippen LogP contribution in [-0.2, 0) is 6.42 Å². The maximum atomic E-state index is 9.98. The lowest BCUT2D eigenvalue weighted by molar-refractivity contribution is 0.0731. The molecule has 6 rings (SSSR count). The molecule has 0 aromatic carbocycles. The Morgan fingerprint density at radius 2 is 1.81 bits per heavy atom. The van der Waals surface area contributed by atoms with E-state index in [2.05, 4.69) is 46.9 Å². The molecule has 192 valence electrons. The Kier molecular flexibility index (Phi) is 6.08. The van der Waals surface area contributed by atoms with Crippen LogP contribution in [0.15, 0.2) is 18.6 Å². The van der Waals surface area contributed by atoms with Crippen LogP contribution in [0.25, 0.3) is 22.2 Å². The van der Waals surface area contributed by atoms with E-state index in [0.29, 0.717) is 35.5 Å². The highest BCUT2D eigenvalue weighted by Gasteiger charge is 2.42. The van der Waals surface area contributed by atoms with E-state index in [1.165, 1.54) is 12.8 Å². The second-order valence-corrected chi connectivity index (χ2v) is 11.2. The van der Waals surface area contributed by atoms with Crippen LogP contribution < -0.4 is 11.1 Å². The Bertz CT molecular complexity index is 1240. The zero-order valence-electron chi connectivity index (χ0n) is 21.6. The van der Waals surface area contributed by atoms with Gasteiger partial charge >= 0.3 is 0 Å². The van der Waals surface area contributed by atoms with Crippen molar-refractivity contribution in [3.63, 3.8) is 0 Å². The first kappa shape index (κ1) is 23.6. The number of aromatic nitrogens is 5. The first-order valence-corrected chi connectivity index (χ1v) is 13.6. The van der Waals surface area contributed by atoms with Crippen LogP contribution in [0.1, 0.15) is 77.5 Å². The molecule has 4 N–H and O–H groups in total. The average Bonchev–Trinajstić information content (AvgIpc) is 3.57. The minimum absolute atomic E-state index is 0.203. The van der Waals surface area contributed by atoms with Crippen LogP contribution in [-0.4, -0.2) is 65.0 Å². The molecule has 3 fully saturated rings. The van der Waals surface area contributed by atoms with Crippen LogP contribution in [0.5, 0.6) is 0 Å². The standard InChI is InChI=1S/C27H38N8O/c1-4-23-27(31-17-5-8-21(36)9-17)33-24-22(13-29-26(28)25(24)32-23)16-12-30-34(14-16)20-10-18-6-7-19(11-20)35(18)15(2)3/h12-15,17-21,36H,4-11H2,1-3H3,(H2,28,29)(H,31,33)/t17-,18-,19+,20?,21+/m1/s1. The fourth-order valence-corrected chi connectivity index (χ4v) is 6.87. The highest BCUT2D eigenvalue weighted by molar-refractivity contribution is 5.96. The fraction of sp³-hybridized carbons (Fsp3) is 0.630. The number of anilines is 2. The largest absolute Gasteiger partial charge is 0.393 e. The lowest BCUT2D eigenvalue weighted by Crippen LogP contribution is -2.47. The molecule has 5 heterocycles. The van der Waals surface area contributed by atoms with Gasteiger partial charge in [-0.25, -0.2) is 15.0 Å². The molecule has 2 saturated heterocycles. The summed E-state index contributed by atoms with van der Waals surface area (Å²) in [6, 6.07) is 2.53. The molecule has 3 aliphatic rings. The maximum Gasteiger partial charge on any atom is 0.151 e. The van der Waals surface area contributed by atoms with Gasteiger partial charge in [0.05, 0.1) is 24.0 Å². The van der Waals surface area contributed by atoms with Crippen LogP contribution in [0, 0.1) is 0 Å². The lowest BCUT2D eigenvalue weighted by atomic mass is 9.96. The molecule has 0 amide bonds. The first-order valence-electron chi connectivity index (χ1n) is 13.6. The second-order valence-electron chi connectivity index (χ2n) is 11.2. The van der Waals surface area contributed by atoms with Crippen LogP contribution in [0.4, 0.5) is 11.6 Å². The van der Waals surface area contributed by atoms with Gasteiger partial charge in [0.1, 0.15) is 16.9 Å². The summed E-state index contributed by atoms with van der Waals surface area (Å²) in [6.07, 6.45) is 13.7. The van der Waals surface area contributed by atoms with E-state index < -0.39 is 0 Å². The number of hydrogen-bond donors (Lipinski definition) is 3. The summed E-state index contributed by atoms with van der Waals surface area (Å²) in [7, 11) is 0. The van der Waals surface area contributed by atoms with Crippen LogP contribution in [0.2, 0.25) is 0 Å². The number of rotatable bonds is 6. The van der Waals surface area contributed by atoms with E-state index in [4.69, 9.17) is 20.8 Å². The number of hydrogen-bond acceptors (Lipinski definition) is 8. The van der Waals surface area contributed by atoms with E-state index in [1.807, 2.05) is 6.20 Å². The van der Waals surface area contributed by atoms with Gasteiger partial charge in [0.2, 0.25) is 0 Å². The van der Waals surface area contributed by atoms with Gasteiger partial charge in [-0.1, -0.05) is 6.92 Å². The molecule has 1 unspecified atom stereocenters. The van der Waals surface area contributed by atoms with E-state index in [1.54, 1.807) is 6.20 Å². The smallest absolute Gasteiger partial charge is 0.151 e. The summed E-state index contributed by atoms with van der Waals surface area (Å²) in [4.78, 5) is 17.1. The first-order chi connectivity index (χ1) is 17.4. The van der Waals surface area contributed by atoms with Gasteiger partial charge in [-0.3, -0.25) is 9.58 Å². The third-order valence-corrected chi connectivity index (χ3v) is 8.53. The van der Waals surface area contributed by atoms with Crippen LogP contribution in [0.3, 0.4) is 0 Å². The number of nitrogens with one attached hydrogen (secondary N) is 1. The number of aliphatic hydroxyl groups excluding tert-OH is 1. The highest BCUT2D eigenvalue weighted by atomic mass is 16.3. The molecular formula is C27H38N8O. The summed E-state index contributed by atoms with van der Waals surface area (Å²) in [5.74, 6) is 1.17. The zero-order chi connectivity index (χ0) is 25.0. The Balaban J connectivity index is 1.33. The van der Waals surface area contributed by atoms with Gasteiger partial charge in [0.25, 0.3) is 0 Å². The van der Waals surface area contributed by atoms with Crippen molar-refractivity contribution >= 4 is 22.7 Å². The molecule has 1 saturated carbocycles. The minimum Gasteiger partial charge on any atom is -0.393 e. The summed E-state index contributed by atoms with van der Waals surface area (Å²) in [6.45, 7) is 6.71. The average molecular weight is 491 g/mol. The van der Waals surface area contributed by atoms with Crippen molar-refractivity contribution < 1.29 is 5.11 Å². The molecule has 1 aliphatic carbocycles. The number of nitrogens with two attached hydrogens (primary N) is 1. The predicted octanol–water partition coefficient (Wildman–Crippen LogP) is 3.93. The van der Waals surface area contributed by atoms with Gasteiger partial charge in [-0.05, 0) is 65.2 Å². The van der Waals surface area contributed by atoms with E-state index >= 15 is 0 Å². The molecule has 2 aliphatic heterocycles. The lowest BCUT2D eigenvalue weighted by Gasteiger charge is -2.41. The van der Waals surface area contributed by atoms with Crippen molar-refractivity contribution in [3.05, 3.63) is 24.3 Å². The molecular weight excluding hydrogens is 452 g/mol. The Hall–Kier alpha value is -2.78. The van der Waals surface area contributed by atoms with E-state index in [9.17, 15) is 5.11 Å². The summed E-state index contributed by atoms with van der Waals surface area (Å²) in [5, 5.41) is 18.3. The number of nitrogen functional groups attached to an aromatic ring is 1. The molecule has 36 heavy (non-hydrogen) atoms. The van der Waals surface area contributed by atoms with Gasteiger partial charge in [-0.2, -0.15) is 5.10 Å². The molecule has 2 bridgehead atoms. The second kappa shape index (κ2) is 9.27. The van der Waals surface area contributed by atoms with Crippen molar-refractivity contribution in [2.24, 2.45) is 0 Å². The quantitative estimate of drug-likeness (QED) is 0.476. The molecule has 9 nitrogen and oxygen atoms in total. The van der Waals surface area contributed by atoms with Crippen molar-refractivity contribution in [2.45, 2.75) is 108 Å². The van der Waals surface area contributed by atoms with Crippen molar-refractivity contribution in [1.82, 2.24) is 29.6 Å². The maximum absolute atomic E-state index is 9.98. The van der Waals surface area contributed by atoms with E-state index in [0.717, 1.165) is 66.7 Å². The molecule has 5 atom stereocenters. The van der Waals surface area contributed by atoms with Crippen molar-refractivity contribution in [3.8, 4) is 11.1 Å². The number of aliphatic hydroxyl groups is 1. The Labute approximate surface area is 212 Å². The monoisotopic (exact) mass is 490 g/mol. The Morgan fingerprint density at radius 1 is 1.03 bits per heavy atom. The van der Waals surface area contributed by atoms with Gasteiger partial charge < -0.3 is 16.2 Å². The van der Waals surface area contributed by atoms with Crippen molar-refractivity contribution in [1.29, 1.82) is 0 Å². The minimum atomic E-state index is -0.245. The molecule has 9 heteroatoms. The SMILES string of the molecule is CCc1nc2c(N)ncc(-c3cnn(C4C[C@H]5CC[C@@H](C4)N5C(C)C)c3)c2nc1N[C@@H]1CC[C@H](O)C1. The van der Waals surface area contributed by atoms with Crippen LogP contribution >= 0.6 is 0 Å². The van der Waals surface area contributed by atoms with Gasteiger partial charge in [0, 0.05) is 47.7 Å². The highest BCUT2D eigenvalue weighted by Crippen LogP contribution is 2.42. The summed E-state index contributed by atoms with van der Waals surface area (Å²) < 4.78 is 2.16. The van der Waals surface area contributed by atoms with Gasteiger partial charge in [-0.15, -0.1) is 0 Å². The summed E-state index contributed by atoms with van der Waals surface area (Å²) >= 11 is 0. The normalized spacial score (nSPS) is 28.4. The topological polar surface area (TPSA) is 118 Å². The number of pyridine rings is 1. The molecule has 3 aromatic rings. The molecule has 0 spiro atoms. The van der Waals surface area contributed by atoms with Crippen molar-refractivity contribution in [2.75, 3.05) is 11.1 Å².